The van der Waals surface area contributed by atoms with Crippen LogP contribution in [0.15, 0.2) is 36.4 Å². The smallest absolute Gasteiger partial charge is 0.251 e. The first-order chi connectivity index (χ1) is 14.1. The summed E-state index contributed by atoms with van der Waals surface area (Å²) in [5.41, 5.74) is 0.650. The van der Waals surface area contributed by atoms with Crippen molar-refractivity contribution in [3.05, 3.63) is 47.1 Å². The molecule has 0 spiro atoms. The molecule has 0 bridgehead atoms. The Kier molecular flexibility index (Phi) is 8.18. The lowest BCUT2D eigenvalue weighted by Crippen LogP contribution is -2.51. The molecule has 1 aliphatic rings. The number of piperazine rings is 1. The van der Waals surface area contributed by atoms with Gasteiger partial charge in [0.1, 0.15) is 11.9 Å². The van der Waals surface area contributed by atoms with Gasteiger partial charge in [0.05, 0.1) is 13.2 Å². The molecule has 1 atom stereocenters. The molecule has 29 heavy (non-hydrogen) atoms. The molecule has 1 aromatic carbocycles. The van der Waals surface area contributed by atoms with E-state index in [0.717, 1.165) is 24.5 Å². The Morgan fingerprint density at radius 3 is 2.62 bits per heavy atom. The second kappa shape index (κ2) is 10.8. The lowest BCUT2D eigenvalue weighted by atomic mass is 10.2. The maximum atomic E-state index is 14.0. The van der Waals surface area contributed by atoms with E-state index in [1.165, 1.54) is 10.9 Å². The molecule has 1 aliphatic heterocycles. The van der Waals surface area contributed by atoms with Crippen molar-refractivity contribution in [1.29, 1.82) is 0 Å². The fraction of sp³-hybridized carbons (Fsp3) is 0.500. The number of carbonyl (C=O) groups is 1. The summed E-state index contributed by atoms with van der Waals surface area (Å²) in [5.74, 6) is -0.148. The van der Waals surface area contributed by atoms with Gasteiger partial charge >= 0.3 is 0 Å². The lowest BCUT2D eigenvalue weighted by Gasteiger charge is -2.35. The Bertz CT molecular complexity index is 790. The Labute approximate surface area is 176 Å². The molecule has 7 heteroatoms. The van der Waals surface area contributed by atoms with E-state index in [-0.39, 0.29) is 11.7 Å². The highest BCUT2D eigenvalue weighted by molar-refractivity contribution is 7.15. The summed E-state index contributed by atoms with van der Waals surface area (Å²) in [6, 6.07) is 10.9. The van der Waals surface area contributed by atoms with Crippen molar-refractivity contribution < 1.29 is 18.7 Å². The number of rotatable bonds is 9. The van der Waals surface area contributed by atoms with Gasteiger partial charge in [-0.25, -0.2) is 4.39 Å². The molecular formula is C22H29FN2O3S. The van der Waals surface area contributed by atoms with Gasteiger partial charge < -0.3 is 14.4 Å². The first-order valence-corrected chi connectivity index (χ1v) is 10.9. The minimum absolute atomic E-state index is 0.0408. The van der Waals surface area contributed by atoms with Gasteiger partial charge in [-0.2, -0.15) is 0 Å². The summed E-state index contributed by atoms with van der Waals surface area (Å²) in [7, 11) is 0. The molecule has 158 valence electrons. The molecule has 1 saturated heterocycles. The molecular weight excluding hydrogens is 391 g/mol. The normalized spacial score (nSPS) is 16.2. The van der Waals surface area contributed by atoms with E-state index in [1.54, 1.807) is 24.3 Å². The van der Waals surface area contributed by atoms with Crippen LogP contribution in [0.4, 0.5) is 4.39 Å². The first kappa shape index (κ1) is 21.9. The molecule has 3 rings (SSSR count). The zero-order valence-electron chi connectivity index (χ0n) is 17.1. The van der Waals surface area contributed by atoms with Crippen LogP contribution in [0.25, 0.3) is 10.4 Å². The van der Waals surface area contributed by atoms with E-state index < -0.39 is 6.10 Å². The Hall–Kier alpha value is -1.80. The van der Waals surface area contributed by atoms with Crippen molar-refractivity contribution in [2.75, 3.05) is 46.0 Å². The molecule has 0 radical (unpaired) electrons. The molecule has 1 unspecified atom stereocenters. The highest BCUT2D eigenvalue weighted by Crippen LogP contribution is 2.30. The average molecular weight is 421 g/mol. The van der Waals surface area contributed by atoms with Crippen LogP contribution in [0.5, 0.6) is 0 Å². The highest BCUT2D eigenvalue weighted by Gasteiger charge is 2.25. The van der Waals surface area contributed by atoms with Crippen molar-refractivity contribution in [3.8, 4) is 10.4 Å². The summed E-state index contributed by atoms with van der Waals surface area (Å²) < 4.78 is 24.8. The van der Waals surface area contributed by atoms with Crippen LogP contribution in [0, 0.1) is 5.82 Å². The quantitative estimate of drug-likeness (QED) is 0.581. The predicted octanol–water partition coefficient (Wildman–Crippen LogP) is 3.64. The molecule has 1 aromatic heterocycles. The number of carbonyl (C=O) groups excluding carboxylic acids is 1. The van der Waals surface area contributed by atoms with E-state index in [1.807, 2.05) is 30.0 Å². The summed E-state index contributed by atoms with van der Waals surface area (Å²) in [6.07, 6.45) is -0.442. The third-order valence-electron chi connectivity index (χ3n) is 5.01. The predicted molar refractivity (Wildman–Crippen MR) is 113 cm³/mol. The number of nitrogens with zero attached hydrogens (tertiary/aromatic N) is 2. The molecule has 0 aliphatic carbocycles. The summed E-state index contributed by atoms with van der Waals surface area (Å²) in [4.78, 5) is 18.9. The molecule has 2 aromatic rings. The maximum absolute atomic E-state index is 14.0. The van der Waals surface area contributed by atoms with Crippen molar-refractivity contribution >= 4 is 17.2 Å². The van der Waals surface area contributed by atoms with Crippen molar-refractivity contribution in [1.82, 2.24) is 9.80 Å². The van der Waals surface area contributed by atoms with Gasteiger partial charge in [0, 0.05) is 54.6 Å². The van der Waals surface area contributed by atoms with Crippen LogP contribution in [0.1, 0.15) is 18.7 Å². The second-order valence-corrected chi connectivity index (χ2v) is 8.23. The van der Waals surface area contributed by atoms with Gasteiger partial charge in [-0.15, -0.1) is 11.3 Å². The number of thiophene rings is 1. The summed E-state index contributed by atoms with van der Waals surface area (Å²) >= 11 is 1.62. The molecule has 2 heterocycles. The number of amides is 1. The summed E-state index contributed by atoms with van der Waals surface area (Å²) in [6.45, 7) is 9.20. The first-order valence-electron chi connectivity index (χ1n) is 10.1. The van der Waals surface area contributed by atoms with Crippen molar-refractivity contribution in [3.63, 3.8) is 0 Å². The molecule has 1 fully saturated rings. The van der Waals surface area contributed by atoms with Crippen LogP contribution >= 0.6 is 11.3 Å². The number of halogens is 1. The van der Waals surface area contributed by atoms with E-state index >= 15 is 0 Å². The van der Waals surface area contributed by atoms with Gasteiger partial charge in [-0.05, 0) is 32.0 Å². The fourth-order valence-corrected chi connectivity index (χ4v) is 4.45. The Morgan fingerprint density at radius 1 is 1.14 bits per heavy atom. The standard InChI is InChI=1S/C22H29FN2O3S/c1-3-27-14-15-28-17(2)22(26)25-12-10-24(11-13-25)16-18-8-9-21(29-18)19-6-4-5-7-20(19)23/h4-9,17H,3,10-16H2,1-2H3. The number of hydrogen-bond acceptors (Lipinski definition) is 5. The third-order valence-corrected chi connectivity index (χ3v) is 6.12. The zero-order valence-corrected chi connectivity index (χ0v) is 17.9. The van der Waals surface area contributed by atoms with E-state index in [9.17, 15) is 9.18 Å². The van der Waals surface area contributed by atoms with Gasteiger partial charge in [0.25, 0.3) is 5.91 Å². The number of hydrogen-bond donors (Lipinski definition) is 0. The molecule has 0 saturated carbocycles. The molecule has 5 nitrogen and oxygen atoms in total. The van der Waals surface area contributed by atoms with Crippen molar-refractivity contribution in [2.45, 2.75) is 26.5 Å². The maximum Gasteiger partial charge on any atom is 0.251 e. The van der Waals surface area contributed by atoms with Gasteiger partial charge in [0.2, 0.25) is 0 Å². The van der Waals surface area contributed by atoms with E-state index in [4.69, 9.17) is 9.47 Å². The van der Waals surface area contributed by atoms with Crippen LogP contribution in [-0.4, -0.2) is 67.8 Å². The van der Waals surface area contributed by atoms with E-state index in [2.05, 4.69) is 11.0 Å². The number of benzene rings is 1. The summed E-state index contributed by atoms with van der Waals surface area (Å²) in [5, 5.41) is 0. The van der Waals surface area contributed by atoms with Gasteiger partial charge in [-0.1, -0.05) is 18.2 Å². The topological polar surface area (TPSA) is 42.0 Å². The Balaban J connectivity index is 1.45. The van der Waals surface area contributed by atoms with Gasteiger partial charge in [-0.3, -0.25) is 9.69 Å². The Morgan fingerprint density at radius 2 is 1.90 bits per heavy atom. The third kappa shape index (κ3) is 6.09. The SMILES string of the molecule is CCOCCOC(C)C(=O)N1CCN(Cc2ccc(-c3ccccc3F)s2)CC1. The lowest BCUT2D eigenvalue weighted by molar-refractivity contribution is -0.145. The van der Waals surface area contributed by atoms with Crippen molar-refractivity contribution in [2.24, 2.45) is 0 Å². The van der Waals surface area contributed by atoms with Gasteiger partial charge in [0.15, 0.2) is 0 Å². The van der Waals surface area contributed by atoms with Crippen LogP contribution in [0.2, 0.25) is 0 Å². The minimum Gasteiger partial charge on any atom is -0.379 e. The minimum atomic E-state index is -0.442. The zero-order chi connectivity index (χ0) is 20.6. The second-order valence-electron chi connectivity index (χ2n) is 7.06. The molecule has 0 N–H and O–H groups in total. The monoisotopic (exact) mass is 420 g/mol. The average Bonchev–Trinajstić information content (AvgIpc) is 3.19. The largest absolute Gasteiger partial charge is 0.379 e. The van der Waals surface area contributed by atoms with Crippen LogP contribution in [0.3, 0.4) is 0 Å². The van der Waals surface area contributed by atoms with Crippen LogP contribution in [-0.2, 0) is 20.8 Å². The van der Waals surface area contributed by atoms with Crippen LogP contribution < -0.4 is 0 Å². The highest BCUT2D eigenvalue weighted by atomic mass is 32.1. The molecule has 1 amide bonds. The fourth-order valence-electron chi connectivity index (χ4n) is 3.37. The van der Waals surface area contributed by atoms with E-state index in [0.29, 0.717) is 38.5 Å². The number of ether oxygens (including phenoxy) is 2.